The maximum atomic E-state index is 5.54. The Balaban J connectivity index is 2.38. The molecule has 0 aliphatic carbocycles. The van der Waals surface area contributed by atoms with Gasteiger partial charge in [-0.3, -0.25) is 0 Å². The van der Waals surface area contributed by atoms with Crippen molar-refractivity contribution in [3.8, 4) is 17.2 Å². The van der Waals surface area contributed by atoms with Crippen LogP contribution in [0.3, 0.4) is 0 Å². The molecule has 0 spiro atoms. The Morgan fingerprint density at radius 3 is 2.15 bits per heavy atom. The number of nitrogens with one attached hydrogen (secondary N) is 1. The number of benzene rings is 1. The molecule has 1 fully saturated rings. The van der Waals surface area contributed by atoms with E-state index in [9.17, 15) is 0 Å². The third-order valence-electron chi connectivity index (χ3n) is 4.34. The molecule has 112 valence electrons. The van der Waals surface area contributed by atoms with Gasteiger partial charge in [0.05, 0.1) is 21.3 Å². The average Bonchev–Trinajstić information content (AvgIpc) is 2.96. The van der Waals surface area contributed by atoms with Gasteiger partial charge in [0, 0.05) is 23.2 Å². The maximum Gasteiger partial charge on any atom is 0.129 e. The number of methoxy groups -OCH3 is 3. The Morgan fingerprint density at radius 1 is 1.10 bits per heavy atom. The largest absolute Gasteiger partial charge is 0.496 e. The van der Waals surface area contributed by atoms with E-state index in [1.807, 2.05) is 12.1 Å². The highest BCUT2D eigenvalue weighted by Gasteiger charge is 2.33. The van der Waals surface area contributed by atoms with Crippen LogP contribution < -0.4 is 19.5 Å². The van der Waals surface area contributed by atoms with Crippen LogP contribution in [0.4, 0.5) is 0 Å². The van der Waals surface area contributed by atoms with Crippen molar-refractivity contribution in [2.45, 2.75) is 38.1 Å². The van der Waals surface area contributed by atoms with E-state index < -0.39 is 0 Å². The minimum atomic E-state index is 0.162. The Kier molecular flexibility index (Phi) is 4.76. The fourth-order valence-electron chi connectivity index (χ4n) is 3.04. The average molecular weight is 279 g/mol. The molecule has 1 saturated heterocycles. The minimum Gasteiger partial charge on any atom is -0.496 e. The monoisotopic (exact) mass is 279 g/mol. The van der Waals surface area contributed by atoms with Crippen LogP contribution in [0.25, 0.3) is 0 Å². The van der Waals surface area contributed by atoms with E-state index in [4.69, 9.17) is 14.2 Å². The van der Waals surface area contributed by atoms with Gasteiger partial charge in [0.2, 0.25) is 0 Å². The lowest BCUT2D eigenvalue weighted by atomic mass is 9.86. The summed E-state index contributed by atoms with van der Waals surface area (Å²) in [4.78, 5) is 0. The van der Waals surface area contributed by atoms with Crippen molar-refractivity contribution in [2.75, 3.05) is 27.9 Å². The summed E-state index contributed by atoms with van der Waals surface area (Å²) in [5.74, 6) is 2.43. The third kappa shape index (κ3) is 2.85. The van der Waals surface area contributed by atoms with Gasteiger partial charge in [-0.05, 0) is 32.2 Å². The van der Waals surface area contributed by atoms with Gasteiger partial charge in [-0.25, -0.2) is 0 Å². The fourth-order valence-corrected chi connectivity index (χ4v) is 3.04. The standard InChI is InChI=1S/C16H25NO3/c1-5-16(7-6-8-17-16)11-13-14(19-3)9-12(18-2)10-15(13)20-4/h9-10,17H,5-8,11H2,1-4H3. The topological polar surface area (TPSA) is 39.7 Å². The van der Waals surface area contributed by atoms with E-state index in [0.717, 1.165) is 42.2 Å². The highest BCUT2D eigenvalue weighted by Crippen LogP contribution is 2.39. The number of rotatable bonds is 6. The van der Waals surface area contributed by atoms with Crippen molar-refractivity contribution < 1.29 is 14.2 Å². The molecule has 0 aromatic heterocycles. The first-order valence-electron chi connectivity index (χ1n) is 7.22. The number of ether oxygens (including phenoxy) is 3. The fraction of sp³-hybridized carbons (Fsp3) is 0.625. The van der Waals surface area contributed by atoms with E-state index in [2.05, 4.69) is 12.2 Å². The van der Waals surface area contributed by atoms with Crippen molar-refractivity contribution in [2.24, 2.45) is 0 Å². The zero-order chi connectivity index (χ0) is 14.6. The molecule has 20 heavy (non-hydrogen) atoms. The van der Waals surface area contributed by atoms with Crippen LogP contribution in [-0.4, -0.2) is 33.4 Å². The van der Waals surface area contributed by atoms with E-state index in [0.29, 0.717) is 0 Å². The van der Waals surface area contributed by atoms with Gasteiger partial charge < -0.3 is 19.5 Å². The predicted molar refractivity (Wildman–Crippen MR) is 80.1 cm³/mol. The third-order valence-corrected chi connectivity index (χ3v) is 4.34. The molecule has 0 saturated carbocycles. The molecule has 1 aliphatic rings. The molecule has 1 heterocycles. The molecule has 0 amide bonds. The van der Waals surface area contributed by atoms with Gasteiger partial charge in [0.25, 0.3) is 0 Å². The number of hydrogen-bond donors (Lipinski definition) is 1. The van der Waals surface area contributed by atoms with Gasteiger partial charge in [-0.15, -0.1) is 0 Å². The molecule has 1 atom stereocenters. The molecular formula is C16H25NO3. The molecule has 1 aliphatic heterocycles. The van der Waals surface area contributed by atoms with Crippen molar-refractivity contribution in [1.29, 1.82) is 0 Å². The van der Waals surface area contributed by atoms with Gasteiger partial charge in [0.15, 0.2) is 0 Å². The normalized spacial score (nSPS) is 21.8. The van der Waals surface area contributed by atoms with E-state index >= 15 is 0 Å². The summed E-state index contributed by atoms with van der Waals surface area (Å²) in [6.45, 7) is 3.33. The predicted octanol–water partition coefficient (Wildman–Crippen LogP) is 2.79. The summed E-state index contributed by atoms with van der Waals surface area (Å²) in [6.07, 6.45) is 4.45. The highest BCUT2D eigenvalue weighted by molar-refractivity contribution is 5.51. The van der Waals surface area contributed by atoms with Crippen molar-refractivity contribution in [3.05, 3.63) is 17.7 Å². The molecule has 4 nitrogen and oxygen atoms in total. The summed E-state index contributed by atoms with van der Waals surface area (Å²) in [5, 5.41) is 3.66. The quantitative estimate of drug-likeness (QED) is 0.869. The maximum absolute atomic E-state index is 5.54. The molecule has 2 rings (SSSR count). The van der Waals surface area contributed by atoms with Gasteiger partial charge in [-0.2, -0.15) is 0 Å². The lowest BCUT2D eigenvalue weighted by molar-refractivity contribution is 0.330. The first kappa shape index (κ1) is 15.0. The van der Waals surface area contributed by atoms with E-state index in [1.165, 1.54) is 12.8 Å². The first-order valence-corrected chi connectivity index (χ1v) is 7.22. The highest BCUT2D eigenvalue weighted by atomic mass is 16.5. The van der Waals surface area contributed by atoms with Crippen LogP contribution in [0.5, 0.6) is 17.2 Å². The molecule has 0 bridgehead atoms. The molecule has 1 aromatic rings. The molecule has 4 heteroatoms. The summed E-state index contributed by atoms with van der Waals surface area (Å²) in [5.41, 5.74) is 1.28. The van der Waals surface area contributed by atoms with Crippen molar-refractivity contribution >= 4 is 0 Å². The van der Waals surface area contributed by atoms with Gasteiger partial charge >= 0.3 is 0 Å². The Labute approximate surface area is 121 Å². The Hall–Kier alpha value is -1.42. The summed E-state index contributed by atoms with van der Waals surface area (Å²) in [7, 11) is 5.04. The van der Waals surface area contributed by atoms with E-state index in [-0.39, 0.29) is 5.54 Å². The molecule has 0 radical (unpaired) electrons. The van der Waals surface area contributed by atoms with Gasteiger partial charge in [0.1, 0.15) is 17.2 Å². The summed E-state index contributed by atoms with van der Waals surface area (Å²) >= 11 is 0. The zero-order valence-corrected chi connectivity index (χ0v) is 12.9. The second kappa shape index (κ2) is 6.35. The van der Waals surface area contributed by atoms with Gasteiger partial charge in [-0.1, -0.05) is 6.92 Å². The second-order valence-corrected chi connectivity index (χ2v) is 5.35. The van der Waals surface area contributed by atoms with Crippen molar-refractivity contribution in [3.63, 3.8) is 0 Å². The van der Waals surface area contributed by atoms with E-state index in [1.54, 1.807) is 21.3 Å². The summed E-state index contributed by atoms with van der Waals surface area (Å²) < 4.78 is 16.4. The van der Waals surface area contributed by atoms with Crippen LogP contribution >= 0.6 is 0 Å². The van der Waals surface area contributed by atoms with Crippen molar-refractivity contribution in [1.82, 2.24) is 5.32 Å². The smallest absolute Gasteiger partial charge is 0.129 e. The van der Waals surface area contributed by atoms with Crippen LogP contribution in [-0.2, 0) is 6.42 Å². The molecular weight excluding hydrogens is 254 g/mol. The zero-order valence-electron chi connectivity index (χ0n) is 12.9. The minimum absolute atomic E-state index is 0.162. The van der Waals surface area contributed by atoms with Crippen LogP contribution in [0.15, 0.2) is 12.1 Å². The molecule has 1 N–H and O–H groups in total. The van der Waals surface area contributed by atoms with Crippen LogP contribution in [0.1, 0.15) is 31.7 Å². The lowest BCUT2D eigenvalue weighted by Gasteiger charge is -2.30. The summed E-state index contributed by atoms with van der Waals surface area (Å²) in [6, 6.07) is 3.85. The first-order chi connectivity index (χ1) is 9.68. The molecule has 1 aromatic carbocycles. The SMILES string of the molecule is CCC1(Cc2c(OC)cc(OC)cc2OC)CCCN1. The van der Waals surface area contributed by atoms with Crippen LogP contribution in [0, 0.1) is 0 Å². The Bertz CT molecular complexity index is 428. The van der Waals surface area contributed by atoms with Crippen LogP contribution in [0.2, 0.25) is 0 Å². The lowest BCUT2D eigenvalue weighted by Crippen LogP contribution is -2.41. The second-order valence-electron chi connectivity index (χ2n) is 5.35. The molecule has 1 unspecified atom stereocenters. The number of hydrogen-bond acceptors (Lipinski definition) is 4. The Morgan fingerprint density at radius 2 is 1.75 bits per heavy atom.